The SMILES string of the molecule is CC1C=Cc2oc3c(-c4ccccc4)ccc(N(c4ccccc4-c4ccc5c(c4)C(C)(C)c4ccccc4-5)c4cccc5c4Sc4c(N(c6ccccc6)c6cc(-c7ccccc7)c7oc8ccccc8c7c6)cccc4C54c5ccccc5-c5cc(Cl)ccc54)c3c2C1. The van der Waals surface area contributed by atoms with Crippen molar-refractivity contribution in [1.29, 1.82) is 0 Å². The van der Waals surface area contributed by atoms with Crippen LogP contribution in [0.5, 0.6) is 0 Å². The van der Waals surface area contributed by atoms with E-state index in [0.717, 1.165) is 128 Å². The molecule has 1 aliphatic heterocycles. The molecule has 4 aliphatic rings. The van der Waals surface area contributed by atoms with E-state index in [1.807, 2.05) is 11.8 Å². The molecule has 0 amide bonds. The first-order chi connectivity index (χ1) is 46.7. The lowest BCUT2D eigenvalue weighted by Gasteiger charge is -2.43. The topological polar surface area (TPSA) is 32.8 Å². The summed E-state index contributed by atoms with van der Waals surface area (Å²) in [6.45, 7) is 7.08. The van der Waals surface area contributed by atoms with Gasteiger partial charge in [0.05, 0.1) is 28.2 Å². The highest BCUT2D eigenvalue weighted by molar-refractivity contribution is 7.99. The minimum absolute atomic E-state index is 0.211. The number of nitrogens with zero attached hydrogens (tertiary/aromatic N) is 2. The largest absolute Gasteiger partial charge is 0.456 e. The molecular weight excluding hydrogens is 1200 g/mol. The third kappa shape index (κ3) is 8.29. The summed E-state index contributed by atoms with van der Waals surface area (Å²) in [6.07, 6.45) is 5.34. The summed E-state index contributed by atoms with van der Waals surface area (Å²) in [5.41, 5.74) is 28.0. The molecule has 452 valence electrons. The van der Waals surface area contributed by atoms with E-state index in [9.17, 15) is 0 Å². The maximum Gasteiger partial charge on any atom is 0.145 e. The Morgan fingerprint density at radius 1 is 0.400 bits per heavy atom. The van der Waals surface area contributed by atoms with E-state index in [4.69, 9.17) is 20.4 Å². The van der Waals surface area contributed by atoms with Crippen molar-refractivity contribution >= 4 is 96.5 Å². The molecule has 0 saturated carbocycles. The van der Waals surface area contributed by atoms with Crippen LogP contribution in [0.3, 0.4) is 0 Å². The predicted octanol–water partition coefficient (Wildman–Crippen LogP) is 25.3. The third-order valence-electron chi connectivity index (χ3n) is 20.7. The normalized spacial score (nSPS) is 15.9. The Bertz CT molecular complexity index is 5710. The van der Waals surface area contributed by atoms with Crippen molar-refractivity contribution in [3.8, 4) is 55.6 Å². The molecule has 15 aromatic rings. The highest BCUT2D eigenvalue weighted by Crippen LogP contribution is 2.67. The molecule has 19 rings (SSSR count). The maximum atomic E-state index is 7.30. The van der Waals surface area contributed by atoms with Gasteiger partial charge < -0.3 is 18.6 Å². The molecule has 2 atom stereocenters. The fourth-order valence-electron chi connectivity index (χ4n) is 16.5. The summed E-state index contributed by atoms with van der Waals surface area (Å²) in [6, 6.07) is 105. The summed E-state index contributed by atoms with van der Waals surface area (Å²) in [5.74, 6) is 1.21. The Labute approximate surface area is 561 Å². The molecular formula is C89H61ClN2O2S. The molecule has 3 heterocycles. The number of allylic oxidation sites excluding steroid dienone is 1. The molecule has 1 spiro atoms. The number of fused-ring (bicyclic) bond motifs is 18. The lowest BCUT2D eigenvalue weighted by Crippen LogP contribution is -2.33. The number of rotatable bonds is 9. The van der Waals surface area contributed by atoms with Crippen LogP contribution in [-0.4, -0.2) is 0 Å². The van der Waals surface area contributed by atoms with Crippen LogP contribution in [-0.2, 0) is 17.3 Å². The first-order valence-corrected chi connectivity index (χ1v) is 34.1. The Balaban J connectivity index is 0.923. The second kappa shape index (κ2) is 21.4. The van der Waals surface area contributed by atoms with Gasteiger partial charge in [0.2, 0.25) is 0 Å². The van der Waals surface area contributed by atoms with Crippen LogP contribution >= 0.6 is 23.4 Å². The number of benzene rings is 13. The number of halogens is 1. The zero-order valence-electron chi connectivity index (χ0n) is 52.6. The van der Waals surface area contributed by atoms with Gasteiger partial charge in [-0.3, -0.25) is 0 Å². The fourth-order valence-corrected chi connectivity index (χ4v) is 18.1. The summed E-state index contributed by atoms with van der Waals surface area (Å²) >= 11 is 9.07. The van der Waals surface area contributed by atoms with E-state index in [0.29, 0.717) is 10.9 Å². The molecule has 4 nitrogen and oxygen atoms in total. The lowest BCUT2D eigenvalue weighted by atomic mass is 9.67. The van der Waals surface area contributed by atoms with Gasteiger partial charge in [0, 0.05) is 70.0 Å². The van der Waals surface area contributed by atoms with Gasteiger partial charge in [0.15, 0.2) is 0 Å². The smallest absolute Gasteiger partial charge is 0.145 e. The van der Waals surface area contributed by atoms with Crippen LogP contribution in [0, 0.1) is 5.92 Å². The first kappa shape index (κ1) is 55.8. The average Bonchev–Trinajstić information content (AvgIpc) is 1.53. The number of anilines is 6. The summed E-state index contributed by atoms with van der Waals surface area (Å²) in [5, 5.41) is 3.94. The fraction of sp³-hybridized carbons (Fsp3) is 0.0787. The summed E-state index contributed by atoms with van der Waals surface area (Å²) in [7, 11) is 0. The van der Waals surface area contributed by atoms with Crippen molar-refractivity contribution in [3.63, 3.8) is 0 Å². The van der Waals surface area contributed by atoms with Gasteiger partial charge in [-0.2, -0.15) is 0 Å². The summed E-state index contributed by atoms with van der Waals surface area (Å²) < 4.78 is 14.2. The van der Waals surface area contributed by atoms with Crippen LogP contribution in [0.1, 0.15) is 65.5 Å². The molecule has 0 bridgehead atoms. The first-order valence-electron chi connectivity index (χ1n) is 32.9. The molecule has 3 aliphatic carbocycles. The van der Waals surface area contributed by atoms with Crippen LogP contribution in [0.15, 0.2) is 310 Å². The van der Waals surface area contributed by atoms with Gasteiger partial charge in [-0.1, -0.05) is 256 Å². The Kier molecular flexibility index (Phi) is 12.5. The summed E-state index contributed by atoms with van der Waals surface area (Å²) in [4.78, 5) is 7.38. The van der Waals surface area contributed by atoms with Gasteiger partial charge in [-0.05, 0) is 170 Å². The second-order valence-electron chi connectivity index (χ2n) is 26.4. The number of hydrogen-bond donors (Lipinski definition) is 0. The Hall–Kier alpha value is -10.8. The molecule has 0 radical (unpaired) electrons. The van der Waals surface area contributed by atoms with E-state index in [-0.39, 0.29) is 5.41 Å². The van der Waals surface area contributed by atoms with Crippen LogP contribution < -0.4 is 9.80 Å². The number of furan rings is 2. The van der Waals surface area contributed by atoms with Gasteiger partial charge in [0.25, 0.3) is 0 Å². The van der Waals surface area contributed by atoms with E-state index in [2.05, 4.69) is 328 Å². The minimum Gasteiger partial charge on any atom is -0.456 e. The second-order valence-corrected chi connectivity index (χ2v) is 27.8. The van der Waals surface area contributed by atoms with Crippen molar-refractivity contribution in [3.05, 3.63) is 341 Å². The van der Waals surface area contributed by atoms with Gasteiger partial charge in [-0.25, -0.2) is 0 Å². The molecule has 0 N–H and O–H groups in total. The van der Waals surface area contributed by atoms with Crippen LogP contribution in [0.4, 0.5) is 34.1 Å². The van der Waals surface area contributed by atoms with E-state index >= 15 is 0 Å². The van der Waals surface area contributed by atoms with Gasteiger partial charge in [-0.15, -0.1) is 0 Å². The monoisotopic (exact) mass is 1260 g/mol. The highest BCUT2D eigenvalue weighted by Gasteiger charge is 2.52. The molecule has 6 heteroatoms. The molecule has 0 saturated heterocycles. The van der Waals surface area contributed by atoms with Crippen LogP contribution in [0.2, 0.25) is 5.02 Å². The third-order valence-corrected chi connectivity index (χ3v) is 22.2. The molecule has 0 fully saturated rings. The van der Waals surface area contributed by atoms with Gasteiger partial charge in [0.1, 0.15) is 22.5 Å². The quantitative estimate of drug-likeness (QED) is 0.144. The zero-order valence-corrected chi connectivity index (χ0v) is 54.1. The number of hydrogen-bond acceptors (Lipinski definition) is 5. The van der Waals surface area contributed by atoms with Crippen molar-refractivity contribution in [2.75, 3.05) is 9.80 Å². The van der Waals surface area contributed by atoms with Crippen molar-refractivity contribution in [2.24, 2.45) is 5.92 Å². The Morgan fingerprint density at radius 3 is 1.75 bits per heavy atom. The molecule has 13 aromatic carbocycles. The van der Waals surface area contributed by atoms with Crippen molar-refractivity contribution in [1.82, 2.24) is 0 Å². The predicted molar refractivity (Wildman–Crippen MR) is 395 cm³/mol. The van der Waals surface area contributed by atoms with Crippen LogP contribution in [0.25, 0.3) is 94.6 Å². The van der Waals surface area contributed by atoms with Crippen molar-refractivity contribution in [2.45, 2.75) is 47.8 Å². The average molecular weight is 1260 g/mol. The minimum atomic E-state index is -0.825. The lowest BCUT2D eigenvalue weighted by molar-refractivity contribution is 0.585. The molecule has 95 heavy (non-hydrogen) atoms. The van der Waals surface area contributed by atoms with Gasteiger partial charge >= 0.3 is 0 Å². The van der Waals surface area contributed by atoms with E-state index < -0.39 is 5.41 Å². The van der Waals surface area contributed by atoms with E-state index in [1.165, 1.54) is 55.6 Å². The van der Waals surface area contributed by atoms with Crippen molar-refractivity contribution < 1.29 is 8.83 Å². The zero-order chi connectivity index (χ0) is 63.3. The molecule has 2 aromatic heterocycles. The standard InChI is InChI=1S/C89H61ClN2O2S/c1-54-41-48-82-70(49-54)83-78(47-45-62(85(83)94-82)55-23-7-4-8-24-55)92(77-37-19-15-29-61(77)57-42-44-65-63-30-13-17-33-71(63)88(2,3)76(65)50-57)80-39-22-36-75-87(80)95-86-74(89(75)72-34-18-14-31-64(72)68-51-58(90)43-46-73(68)89)35-21-38-79(86)91(59-27-11-6-12-28-59)60-52-67(56-25-9-5-10-26-56)84-69(53-60)66-32-16-20-40-81(66)93-84/h4-48,50-54H,49H2,1-3H3. The van der Waals surface area contributed by atoms with E-state index in [1.54, 1.807) is 0 Å². The molecule has 2 unspecified atom stereocenters. The highest BCUT2D eigenvalue weighted by atomic mass is 35.5. The maximum absolute atomic E-state index is 7.30. The number of para-hydroxylation sites is 3. The Morgan fingerprint density at radius 2 is 0.989 bits per heavy atom.